The molecule has 25 heavy (non-hydrogen) atoms. The fraction of sp³-hybridized carbons (Fsp3) is 0.471. The Morgan fingerprint density at radius 2 is 1.80 bits per heavy atom. The molecule has 1 aliphatic heterocycles. The highest BCUT2D eigenvalue weighted by molar-refractivity contribution is 7.99. The number of imide groups is 1. The van der Waals surface area contributed by atoms with E-state index in [1.807, 2.05) is 24.3 Å². The molecule has 1 heterocycles. The van der Waals surface area contributed by atoms with Crippen LogP contribution in [0.1, 0.15) is 19.3 Å². The third kappa shape index (κ3) is 6.59. The van der Waals surface area contributed by atoms with Gasteiger partial charge in [-0.05, 0) is 30.7 Å². The minimum absolute atomic E-state index is 0.0830. The van der Waals surface area contributed by atoms with Crippen LogP contribution in [0, 0.1) is 0 Å². The largest absolute Gasteiger partial charge is 0.356 e. The molecule has 0 aliphatic carbocycles. The topological polar surface area (TPSA) is 73.8 Å². The predicted octanol–water partition coefficient (Wildman–Crippen LogP) is 2.14. The highest BCUT2D eigenvalue weighted by Gasteiger charge is 2.25. The van der Waals surface area contributed by atoms with Crippen molar-refractivity contribution >= 4 is 41.1 Å². The van der Waals surface area contributed by atoms with Crippen LogP contribution in [0.3, 0.4) is 0 Å². The van der Waals surface area contributed by atoms with Crippen LogP contribution in [0.4, 0.5) is 0 Å². The SMILES string of the molecule is CN=C(NCCSc1ccc(Cl)cc1)NCCN1C(=O)CCCC1=O. The van der Waals surface area contributed by atoms with Crippen LogP contribution in [-0.2, 0) is 9.59 Å². The van der Waals surface area contributed by atoms with Gasteiger partial charge in [0.15, 0.2) is 5.96 Å². The van der Waals surface area contributed by atoms with Crippen molar-refractivity contribution < 1.29 is 9.59 Å². The van der Waals surface area contributed by atoms with E-state index in [4.69, 9.17) is 11.6 Å². The molecule has 0 aromatic heterocycles. The molecule has 0 atom stereocenters. The summed E-state index contributed by atoms with van der Waals surface area (Å²) in [6.45, 7) is 1.61. The third-order valence-corrected chi connectivity index (χ3v) is 4.98. The summed E-state index contributed by atoms with van der Waals surface area (Å²) in [6, 6.07) is 7.74. The summed E-state index contributed by atoms with van der Waals surface area (Å²) in [7, 11) is 1.69. The van der Waals surface area contributed by atoms with Crippen LogP contribution in [0.2, 0.25) is 5.02 Å². The number of aliphatic imine (C=N–C) groups is 1. The number of nitrogens with zero attached hydrogens (tertiary/aromatic N) is 2. The van der Waals surface area contributed by atoms with Crippen molar-refractivity contribution in [2.45, 2.75) is 24.2 Å². The molecule has 2 N–H and O–H groups in total. The number of thioether (sulfide) groups is 1. The van der Waals surface area contributed by atoms with Crippen LogP contribution in [0.25, 0.3) is 0 Å². The Labute approximate surface area is 157 Å². The standard InChI is InChI=1S/C17H23ClN4O2S/c1-19-17(20-9-11-22-15(23)3-2-4-16(22)24)21-10-12-25-14-7-5-13(18)6-8-14/h5-8H,2-4,9-12H2,1H3,(H2,19,20,21). The van der Waals surface area contributed by atoms with Crippen LogP contribution in [0.5, 0.6) is 0 Å². The molecule has 1 aromatic carbocycles. The van der Waals surface area contributed by atoms with E-state index in [9.17, 15) is 9.59 Å². The number of likely N-dealkylation sites (tertiary alicyclic amines) is 1. The number of carbonyl (C=O) groups excluding carboxylic acids is 2. The van der Waals surface area contributed by atoms with Gasteiger partial charge in [-0.1, -0.05) is 11.6 Å². The minimum Gasteiger partial charge on any atom is -0.356 e. The van der Waals surface area contributed by atoms with Crippen LogP contribution >= 0.6 is 23.4 Å². The van der Waals surface area contributed by atoms with Gasteiger partial charge in [-0.15, -0.1) is 11.8 Å². The van der Waals surface area contributed by atoms with E-state index in [1.165, 1.54) is 4.90 Å². The Balaban J connectivity index is 1.64. The number of guanidine groups is 1. The summed E-state index contributed by atoms with van der Waals surface area (Å²) in [5, 5.41) is 7.08. The van der Waals surface area contributed by atoms with Gasteiger partial charge in [0.25, 0.3) is 0 Å². The number of piperidine rings is 1. The number of rotatable bonds is 7. The predicted molar refractivity (Wildman–Crippen MR) is 102 cm³/mol. The first-order valence-electron chi connectivity index (χ1n) is 8.26. The zero-order chi connectivity index (χ0) is 18.1. The second-order valence-corrected chi connectivity index (χ2v) is 7.13. The molecule has 0 unspecified atom stereocenters. The molecular weight excluding hydrogens is 360 g/mol. The first kappa shape index (κ1) is 19.6. The third-order valence-electron chi connectivity index (χ3n) is 3.71. The molecule has 1 aliphatic rings. The van der Waals surface area contributed by atoms with Gasteiger partial charge in [-0.25, -0.2) is 0 Å². The van der Waals surface area contributed by atoms with Crippen molar-refractivity contribution in [3.8, 4) is 0 Å². The zero-order valence-electron chi connectivity index (χ0n) is 14.3. The second kappa shape index (κ2) is 10.3. The van der Waals surface area contributed by atoms with E-state index >= 15 is 0 Å². The molecule has 8 heteroatoms. The molecule has 0 radical (unpaired) electrons. The van der Waals surface area contributed by atoms with Crippen LogP contribution < -0.4 is 10.6 Å². The Morgan fingerprint density at radius 3 is 2.44 bits per heavy atom. The van der Waals surface area contributed by atoms with Gasteiger partial charge in [0, 0.05) is 55.2 Å². The summed E-state index contributed by atoms with van der Waals surface area (Å²) in [6.07, 6.45) is 1.58. The summed E-state index contributed by atoms with van der Waals surface area (Å²) in [5.41, 5.74) is 0. The molecule has 1 saturated heterocycles. The first-order valence-corrected chi connectivity index (χ1v) is 9.62. The second-order valence-electron chi connectivity index (χ2n) is 5.52. The molecule has 0 bridgehead atoms. The summed E-state index contributed by atoms with van der Waals surface area (Å²) in [5.74, 6) is 1.38. The van der Waals surface area contributed by atoms with Gasteiger partial charge in [0.2, 0.25) is 11.8 Å². The maximum Gasteiger partial charge on any atom is 0.229 e. The molecule has 2 amide bonds. The number of hydrogen-bond acceptors (Lipinski definition) is 4. The Kier molecular flexibility index (Phi) is 8.08. The van der Waals surface area contributed by atoms with Crippen molar-refractivity contribution in [1.82, 2.24) is 15.5 Å². The van der Waals surface area contributed by atoms with Gasteiger partial charge in [-0.3, -0.25) is 19.5 Å². The fourth-order valence-corrected chi connectivity index (χ4v) is 3.32. The highest BCUT2D eigenvalue weighted by Crippen LogP contribution is 2.19. The minimum atomic E-state index is -0.0830. The van der Waals surface area contributed by atoms with Crippen molar-refractivity contribution in [2.24, 2.45) is 4.99 Å². The van der Waals surface area contributed by atoms with Crippen molar-refractivity contribution in [3.05, 3.63) is 29.3 Å². The van der Waals surface area contributed by atoms with Crippen molar-refractivity contribution in [1.29, 1.82) is 0 Å². The molecule has 0 saturated carbocycles. The fourth-order valence-electron chi connectivity index (χ4n) is 2.43. The van der Waals surface area contributed by atoms with Gasteiger partial charge in [-0.2, -0.15) is 0 Å². The number of nitrogens with one attached hydrogen (secondary N) is 2. The lowest BCUT2D eigenvalue weighted by molar-refractivity contribution is -0.147. The highest BCUT2D eigenvalue weighted by atomic mass is 35.5. The first-order chi connectivity index (χ1) is 12.1. The quantitative estimate of drug-likeness (QED) is 0.248. The van der Waals surface area contributed by atoms with E-state index in [1.54, 1.807) is 18.8 Å². The van der Waals surface area contributed by atoms with Crippen LogP contribution in [-0.4, -0.2) is 55.1 Å². The van der Waals surface area contributed by atoms with Gasteiger partial charge >= 0.3 is 0 Å². The summed E-state index contributed by atoms with van der Waals surface area (Å²) >= 11 is 7.59. The molecule has 136 valence electrons. The van der Waals surface area contributed by atoms with E-state index in [0.717, 1.165) is 22.2 Å². The van der Waals surface area contributed by atoms with Crippen molar-refractivity contribution in [3.63, 3.8) is 0 Å². The molecule has 1 aromatic rings. The lowest BCUT2D eigenvalue weighted by atomic mass is 10.1. The average Bonchev–Trinajstić information content (AvgIpc) is 2.61. The Morgan fingerprint density at radius 1 is 1.16 bits per heavy atom. The van der Waals surface area contributed by atoms with E-state index in [0.29, 0.717) is 38.3 Å². The molecule has 0 spiro atoms. The van der Waals surface area contributed by atoms with Gasteiger partial charge < -0.3 is 10.6 Å². The maximum absolute atomic E-state index is 11.7. The number of carbonyl (C=O) groups is 2. The average molecular weight is 383 g/mol. The van der Waals surface area contributed by atoms with Crippen molar-refractivity contribution in [2.75, 3.05) is 32.4 Å². The van der Waals surface area contributed by atoms with Crippen LogP contribution in [0.15, 0.2) is 34.2 Å². The number of amides is 2. The monoisotopic (exact) mass is 382 g/mol. The lowest BCUT2D eigenvalue weighted by Gasteiger charge is -2.25. The molecule has 1 fully saturated rings. The number of hydrogen-bond donors (Lipinski definition) is 2. The summed E-state index contributed by atoms with van der Waals surface area (Å²) < 4.78 is 0. The molecular formula is C17H23ClN4O2S. The zero-order valence-corrected chi connectivity index (χ0v) is 15.8. The van der Waals surface area contributed by atoms with E-state index < -0.39 is 0 Å². The lowest BCUT2D eigenvalue weighted by Crippen LogP contribution is -2.46. The Bertz CT molecular complexity index is 606. The Hall–Kier alpha value is -1.73. The van der Waals surface area contributed by atoms with Gasteiger partial charge in [0.05, 0.1) is 0 Å². The normalized spacial score (nSPS) is 15.4. The molecule has 2 rings (SSSR count). The number of benzene rings is 1. The number of halogens is 1. The maximum atomic E-state index is 11.7. The smallest absolute Gasteiger partial charge is 0.229 e. The van der Waals surface area contributed by atoms with E-state index in [-0.39, 0.29) is 11.8 Å². The van der Waals surface area contributed by atoms with Gasteiger partial charge in [0.1, 0.15) is 0 Å². The summed E-state index contributed by atoms with van der Waals surface area (Å²) in [4.78, 5) is 30.1. The van der Waals surface area contributed by atoms with E-state index in [2.05, 4.69) is 15.6 Å². The molecule has 6 nitrogen and oxygen atoms in total.